The monoisotopic (exact) mass is 197 g/mol. The highest BCUT2D eigenvalue weighted by Gasteiger charge is 1.86. The summed E-state index contributed by atoms with van der Waals surface area (Å²) in [6.45, 7) is 0. The minimum absolute atomic E-state index is 2.86. The minimum atomic E-state index is -4.19. The molecule has 0 aliphatic heterocycles. The van der Waals surface area contributed by atoms with E-state index in [2.05, 4.69) is 10.7 Å². The van der Waals surface area contributed by atoms with Gasteiger partial charge < -0.3 is 9.11 Å². The molecule has 0 fully saturated rings. The van der Waals surface area contributed by atoms with Gasteiger partial charge in [0.2, 0.25) is 0 Å². The molecule has 2 N–H and O–H groups in total. The van der Waals surface area contributed by atoms with E-state index in [1.54, 1.807) is 0 Å². The first-order valence-electron chi connectivity index (χ1n) is 1.19. The molecular weight excluding hydrogens is 196 g/mol. The Morgan fingerprint density at radius 1 is 1.56 bits per heavy atom. The summed E-state index contributed by atoms with van der Waals surface area (Å²) < 4.78 is 49.2. The Morgan fingerprint density at radius 2 is 1.56 bits per heavy atom. The van der Waals surface area contributed by atoms with Crippen molar-refractivity contribution in [1.29, 1.82) is 0 Å². The van der Waals surface area contributed by atoms with E-state index in [-0.39, 0.29) is 0 Å². The second kappa shape index (κ2) is 5.09. The van der Waals surface area contributed by atoms with Gasteiger partial charge in [-0.3, -0.25) is 4.55 Å². The molecule has 0 bridgehead atoms. The molecule has 0 heterocycles. The van der Waals surface area contributed by atoms with Crippen LogP contribution in [0.15, 0.2) is 0 Å². The number of hydrogen-bond acceptors (Lipinski definition) is 4. The summed E-state index contributed by atoms with van der Waals surface area (Å²) in [6.07, 6.45) is 0. The van der Waals surface area contributed by atoms with Gasteiger partial charge in [-0.25, -0.2) is 4.21 Å². The van der Waals surface area contributed by atoms with Crippen LogP contribution in [0.4, 0.5) is 0 Å². The van der Waals surface area contributed by atoms with Crippen molar-refractivity contribution in [3.8, 4) is 0 Å². The molecule has 0 aliphatic carbocycles. The maximum atomic E-state index is 8.95. The fourth-order valence-electron chi connectivity index (χ4n) is 0. The smallest absolute Gasteiger partial charge is 0.353 e. The topological polar surface area (TPSA) is 115 Å². The molecule has 0 aromatic rings. The molecule has 0 radical (unpaired) electrons. The van der Waals surface area contributed by atoms with Crippen LogP contribution < -0.4 is 0 Å². The lowest BCUT2D eigenvalue weighted by atomic mass is 15.8. The molecule has 0 saturated heterocycles. The van der Waals surface area contributed by atoms with Gasteiger partial charge in [0.05, 0.1) is 11.4 Å². The Balaban J connectivity index is 0. The first kappa shape index (κ1) is 12.0. The van der Waals surface area contributed by atoms with Crippen molar-refractivity contribution in [2.75, 3.05) is 0 Å². The van der Waals surface area contributed by atoms with Gasteiger partial charge in [0.15, 0.2) is 0 Å². The number of halogens is 1. The van der Waals surface area contributed by atoms with Crippen LogP contribution in [0, 0.1) is 0 Å². The SMILES string of the molecule is O=S(=O)(O)Cl.O=S([O-])O. The average Bonchev–Trinajstić information content (AvgIpc) is 1.19. The molecule has 0 aromatic carbocycles. The van der Waals surface area contributed by atoms with E-state index in [9.17, 15) is 0 Å². The van der Waals surface area contributed by atoms with Crippen LogP contribution in [0.1, 0.15) is 0 Å². The van der Waals surface area contributed by atoms with Crippen molar-refractivity contribution in [2.24, 2.45) is 0 Å². The van der Waals surface area contributed by atoms with Crippen LogP contribution in [0.5, 0.6) is 0 Å². The van der Waals surface area contributed by atoms with Crippen LogP contribution in [-0.4, -0.2) is 26.3 Å². The number of hydrogen-bond donors (Lipinski definition) is 2. The standard InChI is InChI=1S/ClHO3S.H2O3S/c1-5(2,3)4;1-4(2)3/h(H,2,3,4);(H2,1,2,3)/p-1. The van der Waals surface area contributed by atoms with Gasteiger partial charge in [-0.1, -0.05) is 0 Å². The highest BCUT2D eigenvalue weighted by Crippen LogP contribution is 1.82. The second-order valence-electron chi connectivity index (χ2n) is 0.629. The first-order chi connectivity index (χ1) is 3.73. The Kier molecular flexibility index (Phi) is 6.78. The van der Waals surface area contributed by atoms with Crippen LogP contribution in [0.3, 0.4) is 0 Å². The highest BCUT2D eigenvalue weighted by atomic mass is 35.7. The molecule has 1 atom stereocenters. The summed E-state index contributed by atoms with van der Waals surface area (Å²) in [7, 11) is -0.137. The molecule has 58 valence electrons. The van der Waals surface area contributed by atoms with E-state index in [1.165, 1.54) is 0 Å². The van der Waals surface area contributed by atoms with Crippen LogP contribution >= 0.6 is 10.7 Å². The van der Waals surface area contributed by atoms with Crippen molar-refractivity contribution in [2.45, 2.75) is 0 Å². The fourth-order valence-corrected chi connectivity index (χ4v) is 0. The predicted octanol–water partition coefficient (Wildman–Crippen LogP) is -0.633. The first-order valence-corrected chi connectivity index (χ1v) is 4.48. The van der Waals surface area contributed by atoms with Crippen molar-refractivity contribution < 1.29 is 26.3 Å². The quantitative estimate of drug-likeness (QED) is 0.303. The molecule has 0 aliphatic rings. The Hall–Kier alpha value is 0.270. The molecule has 6 nitrogen and oxygen atoms in total. The zero-order valence-corrected chi connectivity index (χ0v) is 6.11. The zero-order valence-electron chi connectivity index (χ0n) is 3.72. The van der Waals surface area contributed by atoms with Gasteiger partial charge in [-0.05, 0) is 0 Å². The maximum absolute atomic E-state index is 8.95. The molecule has 0 rings (SSSR count). The van der Waals surface area contributed by atoms with E-state index in [0.29, 0.717) is 0 Å². The van der Waals surface area contributed by atoms with Crippen molar-refractivity contribution >= 4 is 31.4 Å². The van der Waals surface area contributed by atoms with Crippen molar-refractivity contribution in [3.05, 3.63) is 0 Å². The average molecular weight is 198 g/mol. The highest BCUT2D eigenvalue weighted by molar-refractivity contribution is 8.09. The van der Waals surface area contributed by atoms with E-state index < -0.39 is 20.7 Å². The van der Waals surface area contributed by atoms with Crippen molar-refractivity contribution in [3.63, 3.8) is 0 Å². The maximum Gasteiger partial charge on any atom is 0.353 e. The molecule has 0 saturated carbocycles. The molecule has 0 amide bonds. The lowest BCUT2D eigenvalue weighted by Gasteiger charge is -1.83. The Labute approximate surface area is 58.2 Å². The van der Waals surface area contributed by atoms with E-state index in [1.807, 2.05) is 0 Å². The second-order valence-corrected chi connectivity index (χ2v) is 3.06. The van der Waals surface area contributed by atoms with Gasteiger partial charge >= 0.3 is 9.33 Å². The van der Waals surface area contributed by atoms with Gasteiger partial charge in [0.25, 0.3) is 0 Å². The van der Waals surface area contributed by atoms with E-state index >= 15 is 0 Å². The Morgan fingerprint density at radius 3 is 1.56 bits per heavy atom. The molecular formula is H2ClO6S2-. The lowest BCUT2D eigenvalue weighted by Crippen LogP contribution is -1.77. The van der Waals surface area contributed by atoms with Gasteiger partial charge in [0.1, 0.15) is 0 Å². The third-order valence-corrected chi connectivity index (χ3v) is 0. The van der Waals surface area contributed by atoms with Crippen LogP contribution in [-0.2, 0) is 20.7 Å². The van der Waals surface area contributed by atoms with Crippen LogP contribution in [0.25, 0.3) is 0 Å². The summed E-state index contributed by atoms with van der Waals surface area (Å²) in [4.78, 5) is 0. The summed E-state index contributed by atoms with van der Waals surface area (Å²) in [6, 6.07) is 0. The summed E-state index contributed by atoms with van der Waals surface area (Å²) in [5.74, 6) is 0. The van der Waals surface area contributed by atoms with E-state index in [4.69, 9.17) is 26.3 Å². The molecule has 9 heavy (non-hydrogen) atoms. The van der Waals surface area contributed by atoms with Gasteiger partial charge in [-0.15, -0.1) is 0 Å². The summed E-state index contributed by atoms with van der Waals surface area (Å²) in [5.41, 5.74) is 0. The third-order valence-electron chi connectivity index (χ3n) is 0. The molecule has 1 unspecified atom stereocenters. The molecule has 0 aromatic heterocycles. The van der Waals surface area contributed by atoms with E-state index in [0.717, 1.165) is 0 Å². The molecule has 0 spiro atoms. The normalized spacial score (nSPS) is 13.3. The molecule has 9 heteroatoms. The largest absolute Gasteiger partial charge is 0.750 e. The summed E-state index contributed by atoms with van der Waals surface area (Å²) in [5, 5.41) is 0. The third kappa shape index (κ3) is 4460. The summed E-state index contributed by atoms with van der Waals surface area (Å²) >= 11 is -2.86. The number of rotatable bonds is 0. The van der Waals surface area contributed by atoms with Gasteiger partial charge in [-0.2, -0.15) is 8.42 Å². The van der Waals surface area contributed by atoms with Crippen LogP contribution in [0.2, 0.25) is 0 Å². The zero-order chi connectivity index (χ0) is 8.08. The minimum Gasteiger partial charge on any atom is -0.750 e. The van der Waals surface area contributed by atoms with Crippen molar-refractivity contribution in [1.82, 2.24) is 0 Å². The fraction of sp³-hybridized carbons (Fsp3) is 0. The predicted molar refractivity (Wildman–Crippen MR) is 29.0 cm³/mol. The lowest BCUT2D eigenvalue weighted by molar-refractivity contribution is 0.436. The van der Waals surface area contributed by atoms with Gasteiger partial charge in [0, 0.05) is 10.7 Å². The Bertz CT molecular complexity index is 153.